The number of thioether (sulfide) groups is 1. The van der Waals surface area contributed by atoms with Crippen molar-refractivity contribution in [2.45, 2.75) is 5.22 Å². The summed E-state index contributed by atoms with van der Waals surface area (Å²) >= 11 is 6.98. The monoisotopic (exact) mass is 461 g/mol. The van der Waals surface area contributed by atoms with Crippen LogP contribution >= 0.6 is 23.4 Å². The first-order valence-electron chi connectivity index (χ1n) is 8.73. The van der Waals surface area contributed by atoms with Gasteiger partial charge in [0.15, 0.2) is 0 Å². The first kappa shape index (κ1) is 22.3. The third-order valence-corrected chi connectivity index (χ3v) is 4.92. The van der Waals surface area contributed by atoms with Crippen molar-refractivity contribution in [3.05, 3.63) is 58.6 Å². The Labute approximate surface area is 186 Å². The molecule has 0 saturated heterocycles. The molecule has 0 aliphatic rings. The lowest BCUT2D eigenvalue weighted by molar-refractivity contribution is -0.113. The van der Waals surface area contributed by atoms with E-state index < -0.39 is 17.8 Å². The number of esters is 2. The van der Waals surface area contributed by atoms with Gasteiger partial charge in [0.05, 0.1) is 31.1 Å². The Morgan fingerprint density at radius 2 is 1.71 bits per heavy atom. The number of hydrogen-bond donors (Lipinski definition) is 1. The van der Waals surface area contributed by atoms with Crippen LogP contribution in [0.3, 0.4) is 0 Å². The van der Waals surface area contributed by atoms with Gasteiger partial charge < -0.3 is 19.2 Å². The van der Waals surface area contributed by atoms with E-state index in [9.17, 15) is 14.4 Å². The van der Waals surface area contributed by atoms with Crippen LogP contribution in [0.2, 0.25) is 5.02 Å². The van der Waals surface area contributed by atoms with Gasteiger partial charge in [-0.15, -0.1) is 10.2 Å². The van der Waals surface area contributed by atoms with Crippen LogP contribution in [0, 0.1) is 0 Å². The average Bonchev–Trinajstić information content (AvgIpc) is 3.25. The first-order chi connectivity index (χ1) is 14.9. The van der Waals surface area contributed by atoms with Crippen molar-refractivity contribution in [1.29, 1.82) is 0 Å². The van der Waals surface area contributed by atoms with Gasteiger partial charge in [0.25, 0.3) is 5.22 Å². The lowest BCUT2D eigenvalue weighted by Crippen LogP contribution is -2.16. The highest BCUT2D eigenvalue weighted by Gasteiger charge is 2.16. The minimum absolute atomic E-state index is 0.0484. The molecule has 2 aromatic carbocycles. The van der Waals surface area contributed by atoms with E-state index in [-0.39, 0.29) is 33.7 Å². The van der Waals surface area contributed by atoms with Crippen LogP contribution in [0.5, 0.6) is 0 Å². The zero-order valence-corrected chi connectivity index (χ0v) is 18.0. The maximum atomic E-state index is 12.3. The summed E-state index contributed by atoms with van der Waals surface area (Å²) < 4.78 is 14.9. The normalized spacial score (nSPS) is 10.4. The van der Waals surface area contributed by atoms with E-state index in [0.29, 0.717) is 10.6 Å². The van der Waals surface area contributed by atoms with Crippen molar-refractivity contribution in [2.75, 3.05) is 25.3 Å². The van der Waals surface area contributed by atoms with Gasteiger partial charge >= 0.3 is 11.9 Å². The number of halogens is 1. The molecule has 0 unspecified atom stereocenters. The standard InChI is InChI=1S/C20H16ClN3O6S/c1-28-18(26)12-6-13(19(27)29-2)9-15(8-12)22-16(25)10-31-20-24-23-17(30-20)11-4-3-5-14(21)7-11/h3-9H,10H2,1-2H3,(H,22,25). The Kier molecular flexibility index (Phi) is 7.27. The molecule has 1 aromatic heterocycles. The van der Waals surface area contributed by atoms with Gasteiger partial charge in [-0.25, -0.2) is 9.59 Å². The fourth-order valence-corrected chi connectivity index (χ4v) is 3.26. The van der Waals surface area contributed by atoms with Crippen molar-refractivity contribution in [3.63, 3.8) is 0 Å². The number of methoxy groups -OCH3 is 2. The number of hydrogen-bond acceptors (Lipinski definition) is 9. The van der Waals surface area contributed by atoms with Crippen molar-refractivity contribution >= 4 is 46.9 Å². The number of rotatable bonds is 7. The van der Waals surface area contributed by atoms with Gasteiger partial charge in [-0.3, -0.25) is 4.79 Å². The topological polar surface area (TPSA) is 121 Å². The molecule has 0 saturated carbocycles. The Bertz CT molecular complexity index is 1100. The van der Waals surface area contributed by atoms with E-state index >= 15 is 0 Å². The van der Waals surface area contributed by atoms with Crippen LogP contribution in [0.4, 0.5) is 5.69 Å². The largest absolute Gasteiger partial charge is 0.465 e. The molecule has 3 rings (SSSR count). The second-order valence-electron chi connectivity index (χ2n) is 6.00. The number of ether oxygens (including phenoxy) is 2. The fraction of sp³-hybridized carbons (Fsp3) is 0.150. The maximum Gasteiger partial charge on any atom is 0.337 e. The summed E-state index contributed by atoms with van der Waals surface area (Å²) in [6.07, 6.45) is 0. The van der Waals surface area contributed by atoms with E-state index in [1.54, 1.807) is 24.3 Å². The number of amides is 1. The van der Waals surface area contributed by atoms with Gasteiger partial charge in [0.1, 0.15) is 0 Å². The second kappa shape index (κ2) is 10.1. The van der Waals surface area contributed by atoms with Gasteiger partial charge in [-0.2, -0.15) is 0 Å². The molecule has 1 amide bonds. The maximum absolute atomic E-state index is 12.3. The third kappa shape index (κ3) is 5.83. The molecule has 11 heteroatoms. The minimum atomic E-state index is -0.657. The van der Waals surface area contributed by atoms with Crippen LogP contribution in [-0.2, 0) is 14.3 Å². The highest BCUT2D eigenvalue weighted by atomic mass is 35.5. The number of anilines is 1. The van der Waals surface area contributed by atoms with Crippen LogP contribution in [0.25, 0.3) is 11.5 Å². The molecular weight excluding hydrogens is 446 g/mol. The molecule has 0 atom stereocenters. The number of nitrogens with one attached hydrogen (secondary N) is 1. The van der Waals surface area contributed by atoms with Crippen molar-refractivity contribution in [1.82, 2.24) is 10.2 Å². The summed E-state index contributed by atoms with van der Waals surface area (Å²) in [6, 6.07) is 11.0. The molecule has 0 fully saturated rings. The second-order valence-corrected chi connectivity index (χ2v) is 7.37. The van der Waals surface area contributed by atoms with Crippen molar-refractivity contribution in [3.8, 4) is 11.5 Å². The summed E-state index contributed by atoms with van der Waals surface area (Å²) in [5.74, 6) is -1.50. The molecule has 0 aliphatic heterocycles. The highest BCUT2D eigenvalue weighted by Crippen LogP contribution is 2.25. The lowest BCUT2D eigenvalue weighted by Gasteiger charge is -2.09. The van der Waals surface area contributed by atoms with Gasteiger partial charge in [0.2, 0.25) is 11.8 Å². The highest BCUT2D eigenvalue weighted by molar-refractivity contribution is 7.99. The van der Waals surface area contributed by atoms with Crippen LogP contribution in [0.1, 0.15) is 20.7 Å². The molecule has 0 bridgehead atoms. The third-order valence-electron chi connectivity index (χ3n) is 3.86. The van der Waals surface area contributed by atoms with Crippen molar-refractivity contribution < 1.29 is 28.3 Å². The molecule has 1 heterocycles. The van der Waals surface area contributed by atoms with E-state index in [1.807, 2.05) is 0 Å². The molecule has 160 valence electrons. The summed E-state index contributed by atoms with van der Waals surface area (Å²) in [6.45, 7) is 0. The Balaban J connectivity index is 1.67. The fourth-order valence-electron chi connectivity index (χ4n) is 2.50. The van der Waals surface area contributed by atoms with Crippen LogP contribution in [-0.4, -0.2) is 48.0 Å². The van der Waals surface area contributed by atoms with E-state index in [1.165, 1.54) is 32.4 Å². The molecule has 0 radical (unpaired) electrons. The molecule has 3 aromatic rings. The zero-order chi connectivity index (χ0) is 22.4. The van der Waals surface area contributed by atoms with E-state index in [2.05, 4.69) is 25.0 Å². The summed E-state index contributed by atoms with van der Waals surface area (Å²) in [5.41, 5.74) is 1.08. The van der Waals surface area contributed by atoms with Gasteiger partial charge in [-0.1, -0.05) is 29.4 Å². The predicted octanol–water partition coefficient (Wildman–Crippen LogP) is 3.69. The number of carbonyl (C=O) groups excluding carboxylic acids is 3. The molecule has 1 N–H and O–H groups in total. The SMILES string of the molecule is COC(=O)c1cc(NC(=O)CSc2nnc(-c3cccc(Cl)c3)o2)cc(C(=O)OC)c1. The molecule has 0 aliphatic carbocycles. The Morgan fingerprint density at radius 3 is 2.32 bits per heavy atom. The molecule has 9 nitrogen and oxygen atoms in total. The first-order valence-corrected chi connectivity index (χ1v) is 10.1. The van der Waals surface area contributed by atoms with Gasteiger partial charge in [-0.05, 0) is 36.4 Å². The minimum Gasteiger partial charge on any atom is -0.465 e. The van der Waals surface area contributed by atoms with Crippen LogP contribution < -0.4 is 5.32 Å². The summed E-state index contributed by atoms with van der Waals surface area (Å²) in [7, 11) is 2.42. The average molecular weight is 462 g/mol. The Morgan fingerprint density at radius 1 is 1.03 bits per heavy atom. The molecule has 31 heavy (non-hydrogen) atoms. The summed E-state index contributed by atoms with van der Waals surface area (Å²) in [4.78, 5) is 36.0. The molecule has 0 spiro atoms. The number of carbonyl (C=O) groups is 3. The lowest BCUT2D eigenvalue weighted by atomic mass is 10.1. The van der Waals surface area contributed by atoms with E-state index in [0.717, 1.165) is 11.8 Å². The number of benzene rings is 2. The quantitative estimate of drug-likeness (QED) is 0.414. The van der Waals surface area contributed by atoms with Crippen LogP contribution in [0.15, 0.2) is 52.1 Å². The van der Waals surface area contributed by atoms with Crippen molar-refractivity contribution in [2.24, 2.45) is 0 Å². The summed E-state index contributed by atoms with van der Waals surface area (Å²) in [5, 5.41) is 11.2. The van der Waals surface area contributed by atoms with Gasteiger partial charge in [0, 0.05) is 16.3 Å². The van der Waals surface area contributed by atoms with E-state index in [4.69, 9.17) is 16.0 Å². The number of aromatic nitrogens is 2. The zero-order valence-electron chi connectivity index (χ0n) is 16.4. The Hall–Kier alpha value is -3.37. The smallest absolute Gasteiger partial charge is 0.337 e. The number of nitrogens with zero attached hydrogens (tertiary/aromatic N) is 2. The molecular formula is C20H16ClN3O6S. The predicted molar refractivity (Wildman–Crippen MR) is 113 cm³/mol.